The first-order chi connectivity index (χ1) is 4.83. The molecule has 1 rings (SSSR count). The monoisotopic (exact) mass is 136 g/mol. The molecule has 0 amide bonds. The number of benzene rings is 1. The number of rotatable bonds is 2. The summed E-state index contributed by atoms with van der Waals surface area (Å²) in [5, 5.41) is 13.1. The topological polar surface area (TPSA) is 34.3 Å². The molecule has 0 aliphatic heterocycles. The highest BCUT2D eigenvalue weighted by Gasteiger charge is 1.90. The fourth-order valence-electron chi connectivity index (χ4n) is 0.774. The van der Waals surface area contributed by atoms with Gasteiger partial charge in [-0.1, -0.05) is 6.07 Å². The molecule has 0 saturated carbocycles. The Labute approximate surface area is 60.5 Å². The molecule has 1 aromatic rings. The second-order valence-corrected chi connectivity index (χ2v) is 1.99. The number of nitrogens with zero attached hydrogens (tertiary/aromatic N) is 1. The minimum Gasteiger partial charge on any atom is -0.508 e. The van der Waals surface area contributed by atoms with Gasteiger partial charge in [-0.3, -0.25) is 5.32 Å². The maximum atomic E-state index is 8.98. The summed E-state index contributed by atoms with van der Waals surface area (Å²) < 4.78 is 0. The Morgan fingerprint density at radius 1 is 1.50 bits per heavy atom. The molecular weight excluding hydrogens is 126 g/mol. The predicted molar refractivity (Wildman–Crippen MR) is 40.4 cm³/mol. The van der Waals surface area contributed by atoms with E-state index in [-0.39, 0.29) is 5.75 Å². The van der Waals surface area contributed by atoms with Crippen LogP contribution in [-0.4, -0.2) is 11.7 Å². The highest BCUT2D eigenvalue weighted by Crippen LogP contribution is 2.14. The van der Waals surface area contributed by atoms with Crippen molar-refractivity contribution < 1.29 is 5.11 Å². The molecule has 2 heteroatoms. The van der Waals surface area contributed by atoms with E-state index in [1.165, 1.54) is 0 Å². The van der Waals surface area contributed by atoms with Crippen molar-refractivity contribution in [3.8, 4) is 5.75 Å². The van der Waals surface area contributed by atoms with Crippen molar-refractivity contribution in [2.24, 2.45) is 0 Å². The summed E-state index contributed by atoms with van der Waals surface area (Å²) in [5.41, 5.74) is 0.836. The largest absolute Gasteiger partial charge is 0.508 e. The minimum atomic E-state index is 0.273. The van der Waals surface area contributed by atoms with Crippen molar-refractivity contribution in [1.29, 1.82) is 0 Å². The van der Waals surface area contributed by atoms with Gasteiger partial charge in [-0.15, -0.1) is 0 Å². The quantitative estimate of drug-likeness (QED) is 0.659. The van der Waals surface area contributed by atoms with Gasteiger partial charge in [-0.25, -0.2) is 0 Å². The molecule has 0 unspecified atom stereocenters. The van der Waals surface area contributed by atoms with Gasteiger partial charge < -0.3 is 5.11 Å². The van der Waals surface area contributed by atoms with Crippen molar-refractivity contribution in [2.75, 3.05) is 6.54 Å². The van der Waals surface area contributed by atoms with Gasteiger partial charge in [0.15, 0.2) is 0 Å². The van der Waals surface area contributed by atoms with E-state index >= 15 is 0 Å². The first-order valence-electron chi connectivity index (χ1n) is 3.29. The van der Waals surface area contributed by atoms with E-state index in [0.29, 0.717) is 0 Å². The molecule has 0 spiro atoms. The average molecular weight is 136 g/mol. The molecule has 0 saturated heterocycles. The first-order valence-corrected chi connectivity index (χ1v) is 3.29. The van der Waals surface area contributed by atoms with Crippen LogP contribution in [-0.2, 0) is 0 Å². The number of phenols is 1. The van der Waals surface area contributed by atoms with Gasteiger partial charge in [0, 0.05) is 12.6 Å². The third kappa shape index (κ3) is 1.65. The molecule has 0 fully saturated rings. The van der Waals surface area contributed by atoms with E-state index in [1.807, 2.05) is 13.0 Å². The smallest absolute Gasteiger partial charge is 0.117 e. The Hall–Kier alpha value is -1.18. The SMILES string of the molecule is CC[N]c1cccc(O)c1. The summed E-state index contributed by atoms with van der Waals surface area (Å²) in [5.74, 6) is 0.273. The van der Waals surface area contributed by atoms with Crippen LogP contribution < -0.4 is 5.32 Å². The van der Waals surface area contributed by atoms with Crippen LogP contribution in [0.15, 0.2) is 24.3 Å². The summed E-state index contributed by atoms with van der Waals surface area (Å²) in [7, 11) is 0. The maximum absolute atomic E-state index is 8.98. The molecule has 0 heterocycles. The van der Waals surface area contributed by atoms with Crippen molar-refractivity contribution in [3.05, 3.63) is 24.3 Å². The standard InChI is InChI=1S/C8H10NO/c1-2-9-7-4-3-5-8(10)6-7/h3-6,10H,2H2,1H3. The molecular formula is C8H10NO. The average Bonchev–Trinajstić information content (AvgIpc) is 1.88. The summed E-state index contributed by atoms with van der Waals surface area (Å²) in [6, 6.07) is 6.92. The van der Waals surface area contributed by atoms with Crippen LogP contribution in [0, 0.1) is 0 Å². The van der Waals surface area contributed by atoms with Gasteiger partial charge in [0.05, 0.1) is 5.69 Å². The summed E-state index contributed by atoms with van der Waals surface area (Å²) >= 11 is 0. The zero-order valence-corrected chi connectivity index (χ0v) is 5.91. The predicted octanol–water partition coefficient (Wildman–Crippen LogP) is 1.65. The molecule has 0 aromatic heterocycles. The Kier molecular flexibility index (Phi) is 2.15. The van der Waals surface area contributed by atoms with E-state index in [0.717, 1.165) is 12.2 Å². The van der Waals surface area contributed by atoms with Crippen LogP contribution in [0.1, 0.15) is 6.92 Å². The lowest BCUT2D eigenvalue weighted by atomic mass is 10.3. The van der Waals surface area contributed by atoms with Gasteiger partial charge in [-0.05, 0) is 19.1 Å². The van der Waals surface area contributed by atoms with E-state index in [1.54, 1.807) is 18.2 Å². The fourth-order valence-corrected chi connectivity index (χ4v) is 0.774. The van der Waals surface area contributed by atoms with Crippen molar-refractivity contribution in [3.63, 3.8) is 0 Å². The number of hydrogen-bond acceptors (Lipinski definition) is 1. The van der Waals surface area contributed by atoms with Crippen molar-refractivity contribution >= 4 is 5.69 Å². The molecule has 1 aromatic carbocycles. The van der Waals surface area contributed by atoms with Crippen LogP contribution in [0.25, 0.3) is 0 Å². The van der Waals surface area contributed by atoms with E-state index in [9.17, 15) is 0 Å². The summed E-state index contributed by atoms with van der Waals surface area (Å²) in [6.45, 7) is 2.72. The third-order valence-electron chi connectivity index (χ3n) is 1.17. The lowest BCUT2D eigenvalue weighted by Gasteiger charge is -1.98. The van der Waals surface area contributed by atoms with Crippen LogP contribution in [0.5, 0.6) is 5.75 Å². The number of phenolic OH excluding ortho intramolecular Hbond substituents is 1. The van der Waals surface area contributed by atoms with E-state index in [4.69, 9.17) is 5.11 Å². The van der Waals surface area contributed by atoms with Crippen LogP contribution in [0.3, 0.4) is 0 Å². The Morgan fingerprint density at radius 3 is 2.90 bits per heavy atom. The maximum Gasteiger partial charge on any atom is 0.117 e. The molecule has 2 nitrogen and oxygen atoms in total. The zero-order chi connectivity index (χ0) is 7.40. The summed E-state index contributed by atoms with van der Waals surface area (Å²) in [4.78, 5) is 0. The Balaban J connectivity index is 2.75. The summed E-state index contributed by atoms with van der Waals surface area (Å²) in [6.07, 6.45) is 0. The molecule has 0 aliphatic rings. The number of aromatic hydroxyl groups is 1. The second kappa shape index (κ2) is 3.11. The molecule has 10 heavy (non-hydrogen) atoms. The Morgan fingerprint density at radius 2 is 2.30 bits per heavy atom. The van der Waals surface area contributed by atoms with Gasteiger partial charge in [0.2, 0.25) is 0 Å². The third-order valence-corrected chi connectivity index (χ3v) is 1.17. The van der Waals surface area contributed by atoms with Gasteiger partial charge in [-0.2, -0.15) is 0 Å². The normalized spacial score (nSPS) is 9.30. The molecule has 1 radical (unpaired) electrons. The highest BCUT2D eigenvalue weighted by molar-refractivity contribution is 5.41. The van der Waals surface area contributed by atoms with Crippen LogP contribution in [0.4, 0.5) is 5.69 Å². The minimum absolute atomic E-state index is 0.273. The molecule has 1 N–H and O–H groups in total. The molecule has 0 atom stereocenters. The Bertz CT molecular complexity index is 210. The van der Waals surface area contributed by atoms with Gasteiger partial charge in [0.1, 0.15) is 5.75 Å². The van der Waals surface area contributed by atoms with E-state index < -0.39 is 0 Å². The molecule has 0 aliphatic carbocycles. The number of hydrogen-bond donors (Lipinski definition) is 1. The van der Waals surface area contributed by atoms with E-state index in [2.05, 4.69) is 5.32 Å². The molecule has 0 bridgehead atoms. The van der Waals surface area contributed by atoms with Crippen molar-refractivity contribution in [1.82, 2.24) is 5.32 Å². The lowest BCUT2D eigenvalue weighted by Crippen LogP contribution is -1.93. The van der Waals surface area contributed by atoms with Gasteiger partial charge in [0.25, 0.3) is 0 Å². The van der Waals surface area contributed by atoms with Crippen molar-refractivity contribution in [2.45, 2.75) is 6.92 Å². The van der Waals surface area contributed by atoms with Crippen LogP contribution >= 0.6 is 0 Å². The lowest BCUT2D eigenvalue weighted by molar-refractivity contribution is 0.475. The van der Waals surface area contributed by atoms with Gasteiger partial charge >= 0.3 is 0 Å². The second-order valence-electron chi connectivity index (χ2n) is 1.99. The highest BCUT2D eigenvalue weighted by atomic mass is 16.3. The first kappa shape index (κ1) is 6.93. The fraction of sp³-hybridized carbons (Fsp3) is 0.250. The zero-order valence-electron chi connectivity index (χ0n) is 5.91. The molecule has 53 valence electrons. The van der Waals surface area contributed by atoms with Crippen LogP contribution in [0.2, 0.25) is 0 Å².